The molecule has 1 amide bonds. The molecular formula is C23H31N7O. The van der Waals surface area contributed by atoms with Crippen LogP contribution in [0.25, 0.3) is 0 Å². The fourth-order valence-electron chi connectivity index (χ4n) is 5.24. The standard InChI is InChI=1S/C23H31N7O/c1-28-13-15-29(16-14-28)18-5-6-19(25-17-18)26-22-24-12-8-20(27-22)30-21(31)7-11-23(30)9-3-2-4-10-23/h5-6,8,12,17H,2-4,7,9-11,13-16H2,1H3,(H,24,25,26,27). The summed E-state index contributed by atoms with van der Waals surface area (Å²) in [5.74, 6) is 2.07. The minimum absolute atomic E-state index is 0.0522. The molecule has 3 aliphatic rings. The number of pyridine rings is 1. The van der Waals surface area contributed by atoms with Gasteiger partial charge in [0.1, 0.15) is 11.6 Å². The Hall–Kier alpha value is -2.74. The van der Waals surface area contributed by atoms with E-state index in [9.17, 15) is 4.79 Å². The summed E-state index contributed by atoms with van der Waals surface area (Å²) in [6.07, 6.45) is 10.9. The summed E-state index contributed by atoms with van der Waals surface area (Å²) in [4.78, 5) is 33.0. The third-order valence-corrected chi connectivity index (χ3v) is 7.04. The fraction of sp³-hybridized carbons (Fsp3) is 0.565. The second-order valence-electron chi connectivity index (χ2n) is 9.07. The van der Waals surface area contributed by atoms with E-state index in [0.29, 0.717) is 24.0 Å². The summed E-state index contributed by atoms with van der Waals surface area (Å²) >= 11 is 0. The number of likely N-dealkylation sites (N-methyl/N-ethyl adjacent to an activating group) is 1. The van der Waals surface area contributed by atoms with Gasteiger partial charge < -0.3 is 15.1 Å². The number of aromatic nitrogens is 3. The van der Waals surface area contributed by atoms with Crippen molar-refractivity contribution < 1.29 is 4.79 Å². The van der Waals surface area contributed by atoms with Crippen molar-refractivity contribution in [3.8, 4) is 0 Å². The number of nitrogens with one attached hydrogen (secondary N) is 1. The Labute approximate surface area is 183 Å². The number of hydrogen-bond donors (Lipinski definition) is 1. The smallest absolute Gasteiger partial charge is 0.230 e. The van der Waals surface area contributed by atoms with Crippen molar-refractivity contribution in [3.63, 3.8) is 0 Å². The van der Waals surface area contributed by atoms with Gasteiger partial charge in [-0.05, 0) is 44.5 Å². The average Bonchev–Trinajstić information content (AvgIpc) is 3.11. The molecule has 0 radical (unpaired) electrons. The van der Waals surface area contributed by atoms with Gasteiger partial charge in [-0.15, -0.1) is 0 Å². The predicted octanol–water partition coefficient (Wildman–Crippen LogP) is 3.20. The number of carbonyl (C=O) groups excluding carboxylic acids is 1. The zero-order valence-electron chi connectivity index (χ0n) is 18.3. The molecule has 2 aromatic rings. The fourth-order valence-corrected chi connectivity index (χ4v) is 5.24. The molecule has 1 N–H and O–H groups in total. The second kappa shape index (κ2) is 8.42. The van der Waals surface area contributed by atoms with Crippen molar-refractivity contribution in [1.29, 1.82) is 0 Å². The highest BCUT2D eigenvalue weighted by molar-refractivity contribution is 5.96. The van der Waals surface area contributed by atoms with E-state index >= 15 is 0 Å². The molecule has 8 nitrogen and oxygen atoms in total. The molecule has 2 saturated heterocycles. The van der Waals surface area contributed by atoms with Crippen molar-refractivity contribution in [3.05, 3.63) is 30.6 Å². The Bertz CT molecular complexity index is 918. The van der Waals surface area contributed by atoms with E-state index in [4.69, 9.17) is 4.98 Å². The quantitative estimate of drug-likeness (QED) is 0.812. The molecule has 1 saturated carbocycles. The summed E-state index contributed by atoms with van der Waals surface area (Å²) in [7, 11) is 2.16. The highest BCUT2D eigenvalue weighted by Crippen LogP contribution is 2.44. The van der Waals surface area contributed by atoms with Crippen LogP contribution in [0.5, 0.6) is 0 Å². The van der Waals surface area contributed by atoms with Crippen molar-refractivity contribution in [2.45, 2.75) is 50.5 Å². The highest BCUT2D eigenvalue weighted by Gasteiger charge is 2.47. The van der Waals surface area contributed by atoms with Gasteiger partial charge in [0.25, 0.3) is 0 Å². The molecule has 4 heterocycles. The Morgan fingerprint density at radius 1 is 0.968 bits per heavy atom. The van der Waals surface area contributed by atoms with Crippen LogP contribution < -0.4 is 15.1 Å². The number of hydrogen-bond acceptors (Lipinski definition) is 7. The zero-order valence-corrected chi connectivity index (χ0v) is 18.3. The lowest BCUT2D eigenvalue weighted by molar-refractivity contribution is -0.117. The molecule has 0 bridgehead atoms. The largest absolute Gasteiger partial charge is 0.368 e. The first-order valence-electron chi connectivity index (χ1n) is 11.5. The number of nitrogens with zero attached hydrogens (tertiary/aromatic N) is 6. The number of rotatable bonds is 4. The number of carbonyl (C=O) groups is 1. The number of amides is 1. The van der Waals surface area contributed by atoms with Gasteiger partial charge >= 0.3 is 0 Å². The molecule has 0 atom stereocenters. The van der Waals surface area contributed by atoms with Gasteiger partial charge in [0, 0.05) is 44.3 Å². The van der Waals surface area contributed by atoms with Crippen LogP contribution in [0.4, 0.5) is 23.3 Å². The summed E-state index contributed by atoms with van der Waals surface area (Å²) in [5, 5.41) is 3.21. The van der Waals surface area contributed by atoms with Crippen molar-refractivity contribution in [2.24, 2.45) is 0 Å². The minimum atomic E-state index is -0.0522. The monoisotopic (exact) mass is 421 g/mol. The van der Waals surface area contributed by atoms with Gasteiger partial charge in [-0.2, -0.15) is 4.98 Å². The van der Waals surface area contributed by atoms with Crippen molar-refractivity contribution >= 4 is 29.2 Å². The van der Waals surface area contributed by atoms with E-state index in [2.05, 4.69) is 38.2 Å². The third-order valence-electron chi connectivity index (χ3n) is 7.04. The van der Waals surface area contributed by atoms with E-state index in [1.807, 2.05) is 23.2 Å². The summed E-state index contributed by atoms with van der Waals surface area (Å²) in [5.41, 5.74) is 1.08. The van der Waals surface area contributed by atoms with Gasteiger partial charge in [-0.25, -0.2) is 9.97 Å². The minimum Gasteiger partial charge on any atom is -0.368 e. The molecule has 1 aliphatic carbocycles. The number of piperazine rings is 1. The molecule has 5 rings (SSSR count). The summed E-state index contributed by atoms with van der Waals surface area (Å²) in [6.45, 7) is 4.16. The normalized spacial score (nSPS) is 21.6. The first kappa shape index (κ1) is 20.2. The van der Waals surface area contributed by atoms with Crippen molar-refractivity contribution in [1.82, 2.24) is 19.9 Å². The SMILES string of the molecule is CN1CCN(c2ccc(Nc3nccc(N4C(=O)CCC45CCCCC5)n3)nc2)CC1. The van der Waals surface area contributed by atoms with E-state index in [1.54, 1.807) is 6.20 Å². The second-order valence-corrected chi connectivity index (χ2v) is 9.07. The topological polar surface area (TPSA) is 77.5 Å². The number of anilines is 4. The molecule has 3 fully saturated rings. The zero-order chi connectivity index (χ0) is 21.3. The first-order chi connectivity index (χ1) is 15.1. The Balaban J connectivity index is 1.31. The Morgan fingerprint density at radius 2 is 1.77 bits per heavy atom. The maximum Gasteiger partial charge on any atom is 0.230 e. The lowest BCUT2D eigenvalue weighted by Gasteiger charge is -2.40. The van der Waals surface area contributed by atoms with Crippen LogP contribution >= 0.6 is 0 Å². The van der Waals surface area contributed by atoms with Gasteiger partial charge in [0.05, 0.1) is 11.9 Å². The van der Waals surface area contributed by atoms with Crippen LogP contribution in [0, 0.1) is 0 Å². The van der Waals surface area contributed by atoms with Crippen LogP contribution in [0.3, 0.4) is 0 Å². The van der Waals surface area contributed by atoms with E-state index in [1.165, 1.54) is 19.3 Å². The molecule has 2 aliphatic heterocycles. The molecule has 8 heteroatoms. The van der Waals surface area contributed by atoms with Gasteiger partial charge in [-0.1, -0.05) is 19.3 Å². The van der Waals surface area contributed by atoms with E-state index < -0.39 is 0 Å². The molecule has 1 spiro atoms. The maximum absolute atomic E-state index is 12.8. The van der Waals surface area contributed by atoms with Crippen LogP contribution in [0.2, 0.25) is 0 Å². The summed E-state index contributed by atoms with van der Waals surface area (Å²) < 4.78 is 0. The molecular weight excluding hydrogens is 390 g/mol. The molecule has 2 aromatic heterocycles. The molecule has 0 aromatic carbocycles. The van der Waals surface area contributed by atoms with Crippen LogP contribution in [0.1, 0.15) is 44.9 Å². The maximum atomic E-state index is 12.8. The van der Waals surface area contributed by atoms with Crippen LogP contribution in [-0.2, 0) is 4.79 Å². The van der Waals surface area contributed by atoms with Crippen molar-refractivity contribution in [2.75, 3.05) is 48.3 Å². The molecule has 0 unspecified atom stereocenters. The summed E-state index contributed by atoms with van der Waals surface area (Å²) in [6, 6.07) is 5.91. The lowest BCUT2D eigenvalue weighted by atomic mass is 9.80. The van der Waals surface area contributed by atoms with Gasteiger partial charge in [0.2, 0.25) is 11.9 Å². The van der Waals surface area contributed by atoms with Crippen LogP contribution in [-0.4, -0.2) is 64.5 Å². The average molecular weight is 422 g/mol. The van der Waals surface area contributed by atoms with E-state index in [0.717, 1.165) is 51.1 Å². The molecule has 164 valence electrons. The third kappa shape index (κ3) is 4.08. The predicted molar refractivity (Wildman–Crippen MR) is 122 cm³/mol. The van der Waals surface area contributed by atoms with E-state index in [-0.39, 0.29) is 11.4 Å². The highest BCUT2D eigenvalue weighted by atomic mass is 16.2. The van der Waals surface area contributed by atoms with Crippen LogP contribution in [0.15, 0.2) is 30.6 Å². The Morgan fingerprint density at radius 3 is 2.52 bits per heavy atom. The molecule has 31 heavy (non-hydrogen) atoms. The lowest BCUT2D eigenvalue weighted by Crippen LogP contribution is -2.47. The van der Waals surface area contributed by atoms with Gasteiger partial charge in [-0.3, -0.25) is 9.69 Å². The first-order valence-corrected chi connectivity index (χ1v) is 11.5. The van der Waals surface area contributed by atoms with Gasteiger partial charge in [0.15, 0.2) is 0 Å². The Kier molecular flexibility index (Phi) is 5.48.